The molecule has 0 radical (unpaired) electrons. The molecule has 0 saturated carbocycles. The van der Waals surface area contributed by atoms with Crippen molar-refractivity contribution >= 4 is 23.7 Å². The van der Waals surface area contributed by atoms with Crippen LogP contribution in [0, 0.1) is 0 Å². The number of carbonyl (C=O) groups is 2. The van der Waals surface area contributed by atoms with E-state index in [9.17, 15) is 9.59 Å². The van der Waals surface area contributed by atoms with Gasteiger partial charge in [-0.25, -0.2) is 4.79 Å². The second kappa shape index (κ2) is 5.08. The number of aliphatic carboxylic acids is 2. The summed E-state index contributed by atoms with van der Waals surface area (Å²) in [5.74, 6) is -1.95. The smallest absolute Gasteiger partial charge is 0.334 e. The molecular formula is C7H13NO4S. The van der Waals surface area contributed by atoms with Gasteiger partial charge in [-0.05, 0) is 12.2 Å². The number of hydrogen-bond acceptors (Lipinski definition) is 4. The Morgan fingerprint density at radius 3 is 2.31 bits per heavy atom. The Kier molecular flexibility index (Phi) is 4.79. The second-order valence-electron chi connectivity index (χ2n) is 2.61. The number of carboxylic acids is 2. The van der Waals surface area contributed by atoms with Crippen molar-refractivity contribution in [3.8, 4) is 0 Å². The summed E-state index contributed by atoms with van der Waals surface area (Å²) in [6, 6.07) is 0. The van der Waals surface area contributed by atoms with E-state index in [2.05, 4.69) is 0 Å². The van der Waals surface area contributed by atoms with Gasteiger partial charge in [0.15, 0.2) is 4.87 Å². The van der Waals surface area contributed by atoms with Crippen LogP contribution in [0.4, 0.5) is 0 Å². The molecule has 13 heavy (non-hydrogen) atoms. The van der Waals surface area contributed by atoms with Crippen LogP contribution in [0.3, 0.4) is 0 Å². The quantitative estimate of drug-likeness (QED) is 0.543. The molecule has 1 atom stereocenters. The Morgan fingerprint density at radius 1 is 1.46 bits per heavy atom. The Labute approximate surface area is 80.3 Å². The molecule has 0 saturated heterocycles. The lowest BCUT2D eigenvalue weighted by atomic mass is 10.2. The van der Waals surface area contributed by atoms with Crippen LogP contribution >= 0.6 is 11.8 Å². The van der Waals surface area contributed by atoms with Gasteiger partial charge in [0.25, 0.3) is 0 Å². The summed E-state index contributed by atoms with van der Waals surface area (Å²) < 4.78 is 0. The van der Waals surface area contributed by atoms with Gasteiger partial charge in [0.05, 0.1) is 6.42 Å². The van der Waals surface area contributed by atoms with Crippen molar-refractivity contribution in [2.24, 2.45) is 5.73 Å². The van der Waals surface area contributed by atoms with Gasteiger partial charge in [-0.15, -0.1) is 11.8 Å². The third kappa shape index (κ3) is 4.14. The maximum absolute atomic E-state index is 10.7. The van der Waals surface area contributed by atoms with Crippen molar-refractivity contribution < 1.29 is 19.8 Å². The molecule has 0 aromatic heterocycles. The summed E-state index contributed by atoms with van der Waals surface area (Å²) in [6.07, 6.45) is 0.198. The highest BCUT2D eigenvalue weighted by Gasteiger charge is 2.36. The van der Waals surface area contributed by atoms with Gasteiger partial charge in [-0.2, -0.15) is 0 Å². The third-order valence-corrected chi connectivity index (χ3v) is 2.79. The van der Waals surface area contributed by atoms with Gasteiger partial charge in [-0.3, -0.25) is 4.79 Å². The first-order valence-corrected chi connectivity index (χ1v) is 4.79. The van der Waals surface area contributed by atoms with Crippen molar-refractivity contribution in [2.75, 3.05) is 5.75 Å². The molecule has 76 valence electrons. The van der Waals surface area contributed by atoms with Crippen LogP contribution in [0.2, 0.25) is 0 Å². The summed E-state index contributed by atoms with van der Waals surface area (Å²) in [6.45, 7) is 1.87. The molecule has 0 aliphatic rings. The van der Waals surface area contributed by atoms with E-state index in [1.54, 1.807) is 0 Å². The standard InChI is InChI=1S/C7H13NO4S/c1-2-3-13-7(8,6(11)12)4-5(9)10/h2-4,8H2,1H3,(H,9,10)(H,11,12). The van der Waals surface area contributed by atoms with Crippen LogP contribution in [0.25, 0.3) is 0 Å². The lowest BCUT2D eigenvalue weighted by molar-refractivity contribution is -0.146. The van der Waals surface area contributed by atoms with E-state index in [1.807, 2.05) is 6.92 Å². The van der Waals surface area contributed by atoms with Gasteiger partial charge in [0.1, 0.15) is 0 Å². The van der Waals surface area contributed by atoms with Gasteiger partial charge in [0.2, 0.25) is 0 Å². The minimum atomic E-state index is -1.69. The first-order valence-electron chi connectivity index (χ1n) is 3.80. The largest absolute Gasteiger partial charge is 0.481 e. The molecule has 0 aromatic carbocycles. The van der Waals surface area contributed by atoms with E-state index < -0.39 is 23.2 Å². The fraction of sp³-hybridized carbons (Fsp3) is 0.714. The molecule has 0 aliphatic heterocycles. The van der Waals surface area contributed by atoms with E-state index in [1.165, 1.54) is 0 Å². The van der Waals surface area contributed by atoms with Crippen LogP contribution in [0.15, 0.2) is 0 Å². The molecule has 0 aromatic rings. The molecule has 0 amide bonds. The molecule has 0 aliphatic carbocycles. The normalized spacial score (nSPS) is 14.9. The lowest BCUT2D eigenvalue weighted by Gasteiger charge is -2.21. The molecule has 5 nitrogen and oxygen atoms in total. The SMILES string of the molecule is CCCSC(N)(CC(=O)O)C(=O)O. The highest BCUT2D eigenvalue weighted by atomic mass is 32.2. The van der Waals surface area contributed by atoms with Gasteiger partial charge in [-0.1, -0.05) is 6.92 Å². The summed E-state index contributed by atoms with van der Waals surface area (Å²) in [5.41, 5.74) is 5.41. The van der Waals surface area contributed by atoms with Gasteiger partial charge in [0, 0.05) is 0 Å². The fourth-order valence-electron chi connectivity index (χ4n) is 0.697. The zero-order valence-corrected chi connectivity index (χ0v) is 8.13. The van der Waals surface area contributed by atoms with E-state index >= 15 is 0 Å². The van der Waals surface area contributed by atoms with Crippen LogP contribution in [-0.2, 0) is 9.59 Å². The summed E-state index contributed by atoms with van der Waals surface area (Å²) >= 11 is 0.958. The second-order valence-corrected chi connectivity index (χ2v) is 4.04. The molecule has 0 heterocycles. The minimum Gasteiger partial charge on any atom is -0.481 e. The van der Waals surface area contributed by atoms with Crippen molar-refractivity contribution in [1.82, 2.24) is 0 Å². The molecule has 4 N–H and O–H groups in total. The van der Waals surface area contributed by atoms with Crippen molar-refractivity contribution in [3.05, 3.63) is 0 Å². The molecular weight excluding hydrogens is 194 g/mol. The summed E-state index contributed by atoms with van der Waals surface area (Å²) in [4.78, 5) is 19.3. The number of thioether (sulfide) groups is 1. The molecule has 0 rings (SSSR count). The Balaban J connectivity index is 4.34. The number of carboxylic acid groups (broad SMARTS) is 2. The molecule has 6 heteroatoms. The Hall–Kier alpha value is -0.750. The summed E-state index contributed by atoms with van der Waals surface area (Å²) in [7, 11) is 0. The maximum atomic E-state index is 10.7. The predicted octanol–water partition coefficient (Wildman–Crippen LogP) is 0.344. The topological polar surface area (TPSA) is 101 Å². The van der Waals surface area contributed by atoms with Crippen LogP contribution in [0.1, 0.15) is 19.8 Å². The highest BCUT2D eigenvalue weighted by molar-refractivity contribution is 8.01. The van der Waals surface area contributed by atoms with E-state index in [4.69, 9.17) is 15.9 Å². The Morgan fingerprint density at radius 2 is 2.00 bits per heavy atom. The van der Waals surface area contributed by atoms with Gasteiger partial charge >= 0.3 is 11.9 Å². The predicted molar refractivity (Wildman–Crippen MR) is 49.6 cm³/mol. The zero-order chi connectivity index (χ0) is 10.5. The molecule has 0 bridgehead atoms. The van der Waals surface area contributed by atoms with Crippen molar-refractivity contribution in [3.63, 3.8) is 0 Å². The average molecular weight is 207 g/mol. The van der Waals surface area contributed by atoms with Crippen molar-refractivity contribution in [1.29, 1.82) is 0 Å². The monoisotopic (exact) mass is 207 g/mol. The number of rotatable bonds is 6. The average Bonchev–Trinajstić information content (AvgIpc) is 1.99. The van der Waals surface area contributed by atoms with Crippen LogP contribution in [0.5, 0.6) is 0 Å². The lowest BCUT2D eigenvalue weighted by Crippen LogP contribution is -2.46. The van der Waals surface area contributed by atoms with E-state index in [-0.39, 0.29) is 0 Å². The first kappa shape index (κ1) is 12.2. The molecule has 0 fully saturated rings. The highest BCUT2D eigenvalue weighted by Crippen LogP contribution is 2.24. The van der Waals surface area contributed by atoms with Crippen LogP contribution in [-0.4, -0.2) is 32.8 Å². The van der Waals surface area contributed by atoms with E-state index in [0.29, 0.717) is 5.75 Å². The van der Waals surface area contributed by atoms with E-state index in [0.717, 1.165) is 18.2 Å². The number of nitrogens with two attached hydrogens (primary N) is 1. The molecule has 0 spiro atoms. The molecule has 1 unspecified atom stereocenters. The minimum absolute atomic E-state index is 0.538. The zero-order valence-electron chi connectivity index (χ0n) is 7.32. The first-order chi connectivity index (χ1) is 5.92. The maximum Gasteiger partial charge on any atom is 0.334 e. The van der Waals surface area contributed by atoms with Crippen LogP contribution < -0.4 is 5.73 Å². The fourth-order valence-corrected chi connectivity index (χ4v) is 1.61. The van der Waals surface area contributed by atoms with Crippen molar-refractivity contribution in [2.45, 2.75) is 24.6 Å². The Bertz CT molecular complexity index is 209. The van der Waals surface area contributed by atoms with Gasteiger partial charge < -0.3 is 15.9 Å². The summed E-state index contributed by atoms with van der Waals surface area (Å²) in [5, 5.41) is 17.1. The third-order valence-electron chi connectivity index (χ3n) is 1.34. The number of hydrogen-bond donors (Lipinski definition) is 3.